The van der Waals surface area contributed by atoms with Gasteiger partial charge in [0.1, 0.15) is 0 Å². The predicted molar refractivity (Wildman–Crippen MR) is 54.5 cm³/mol. The summed E-state index contributed by atoms with van der Waals surface area (Å²) in [7, 11) is 0. The lowest BCUT2D eigenvalue weighted by Gasteiger charge is -2.22. The molecule has 0 aromatic heterocycles. The molecule has 2 heterocycles. The van der Waals surface area contributed by atoms with Crippen LogP contribution in [0.15, 0.2) is 23.3 Å². The van der Waals surface area contributed by atoms with Crippen molar-refractivity contribution in [2.75, 3.05) is 11.6 Å². The Balaban J connectivity index is 2.43. The van der Waals surface area contributed by atoms with Crippen LogP contribution in [-0.2, 0) is 0 Å². The highest BCUT2D eigenvalue weighted by Gasteiger charge is 2.15. The number of rotatable bonds is 0. The molecule has 1 N–H and O–H groups in total. The highest BCUT2D eigenvalue weighted by molar-refractivity contribution is 5.70. The van der Waals surface area contributed by atoms with Gasteiger partial charge in [0.15, 0.2) is 0 Å². The van der Waals surface area contributed by atoms with Crippen molar-refractivity contribution in [2.24, 2.45) is 4.99 Å². The van der Waals surface area contributed by atoms with Crippen molar-refractivity contribution in [1.29, 1.82) is 0 Å². The average molecular weight is 186 g/mol. The third-order valence-corrected chi connectivity index (χ3v) is 2.64. The van der Waals surface area contributed by atoms with Gasteiger partial charge in [-0.25, -0.2) is 0 Å². The van der Waals surface area contributed by atoms with E-state index >= 15 is 0 Å². The Morgan fingerprint density at radius 1 is 1.36 bits per heavy atom. The predicted octanol–water partition coefficient (Wildman–Crippen LogP) is 0.670. The van der Waals surface area contributed by atoms with Crippen LogP contribution in [-0.4, -0.2) is 11.8 Å². The number of anilines is 1. The normalized spacial score (nSPS) is 17.1. The maximum Gasteiger partial charge on any atom is 0.0797 e. The van der Waals surface area contributed by atoms with Crippen LogP contribution in [0.5, 0.6) is 0 Å². The first-order valence-electron chi connectivity index (χ1n) is 4.70. The van der Waals surface area contributed by atoms with Crippen LogP contribution in [0.4, 0.5) is 5.69 Å². The van der Waals surface area contributed by atoms with E-state index < -0.39 is 0 Å². The first kappa shape index (κ1) is 7.76. The molecule has 0 amide bonds. The van der Waals surface area contributed by atoms with Crippen molar-refractivity contribution in [3.05, 3.63) is 34.5 Å². The van der Waals surface area contributed by atoms with E-state index in [2.05, 4.69) is 11.1 Å². The summed E-state index contributed by atoms with van der Waals surface area (Å²) in [5, 5.41) is 13.1. The number of benzene rings is 1. The van der Waals surface area contributed by atoms with Crippen LogP contribution < -0.4 is 15.6 Å². The van der Waals surface area contributed by atoms with E-state index in [4.69, 9.17) is 0 Å². The van der Waals surface area contributed by atoms with Gasteiger partial charge in [-0.05, 0) is 23.8 Å². The molecule has 0 spiro atoms. The fourth-order valence-electron chi connectivity index (χ4n) is 1.99. The molecule has 0 fully saturated rings. The summed E-state index contributed by atoms with van der Waals surface area (Å²) in [6.07, 6.45) is 6.75. The third kappa shape index (κ3) is 0.930. The van der Waals surface area contributed by atoms with E-state index in [1.807, 2.05) is 18.2 Å². The summed E-state index contributed by atoms with van der Waals surface area (Å²) >= 11 is 0. The first-order valence-corrected chi connectivity index (χ1v) is 4.70. The molecule has 14 heavy (non-hydrogen) atoms. The molecule has 0 aliphatic carbocycles. The fraction of sp³-hybridized carbons (Fsp3) is 0.182. The minimum Gasteiger partial charge on any atom is -0.288 e. The Bertz CT molecular complexity index is 531. The van der Waals surface area contributed by atoms with Crippen molar-refractivity contribution >= 4 is 17.8 Å². The molecule has 0 saturated carbocycles. The smallest absolute Gasteiger partial charge is 0.0797 e. The van der Waals surface area contributed by atoms with Gasteiger partial charge in [-0.2, -0.15) is 0 Å². The van der Waals surface area contributed by atoms with Crippen molar-refractivity contribution in [1.82, 2.24) is 0 Å². The molecule has 3 heteroatoms. The zero-order valence-corrected chi connectivity index (χ0v) is 7.64. The maximum atomic E-state index is 9.76. The SMILES string of the molecule is ON1CCC=c2ccc3c(c21)C=CN=3. The molecule has 0 unspecified atom stereocenters. The fourth-order valence-corrected chi connectivity index (χ4v) is 1.99. The second-order valence-corrected chi connectivity index (χ2v) is 3.50. The van der Waals surface area contributed by atoms with Crippen LogP contribution >= 0.6 is 0 Å². The number of hydrogen-bond acceptors (Lipinski definition) is 3. The number of nitrogens with zero attached hydrogens (tertiary/aromatic N) is 2. The average Bonchev–Trinajstić information content (AvgIpc) is 2.65. The lowest BCUT2D eigenvalue weighted by atomic mass is 10.1. The van der Waals surface area contributed by atoms with E-state index in [1.54, 1.807) is 6.20 Å². The second-order valence-electron chi connectivity index (χ2n) is 3.50. The summed E-state index contributed by atoms with van der Waals surface area (Å²) in [4.78, 5) is 4.21. The molecule has 1 aromatic rings. The van der Waals surface area contributed by atoms with Gasteiger partial charge in [0.2, 0.25) is 0 Å². The summed E-state index contributed by atoms with van der Waals surface area (Å²) in [6, 6.07) is 4.00. The molecular weight excluding hydrogens is 176 g/mol. The van der Waals surface area contributed by atoms with Gasteiger partial charge >= 0.3 is 0 Å². The molecule has 0 bridgehead atoms. The number of fused-ring (bicyclic) bond motifs is 3. The van der Waals surface area contributed by atoms with E-state index in [9.17, 15) is 5.21 Å². The van der Waals surface area contributed by atoms with Crippen LogP contribution in [0.2, 0.25) is 0 Å². The molecule has 3 nitrogen and oxygen atoms in total. The minimum atomic E-state index is 0.664. The maximum absolute atomic E-state index is 9.76. The quantitative estimate of drug-likeness (QED) is 0.646. The number of hydrogen-bond donors (Lipinski definition) is 1. The Kier molecular flexibility index (Phi) is 1.49. The van der Waals surface area contributed by atoms with Gasteiger partial charge in [-0.3, -0.25) is 15.3 Å². The largest absolute Gasteiger partial charge is 0.288 e. The molecular formula is C11H10N2O. The molecule has 3 rings (SSSR count). The molecule has 70 valence electrons. The lowest BCUT2D eigenvalue weighted by Crippen LogP contribution is -2.32. The zero-order valence-electron chi connectivity index (χ0n) is 7.64. The Morgan fingerprint density at radius 2 is 2.29 bits per heavy atom. The van der Waals surface area contributed by atoms with Crippen LogP contribution in [0.1, 0.15) is 12.0 Å². The van der Waals surface area contributed by atoms with E-state index in [0.29, 0.717) is 6.54 Å². The molecule has 2 aliphatic heterocycles. The monoisotopic (exact) mass is 186 g/mol. The first-order chi connectivity index (χ1) is 6.86. The highest BCUT2D eigenvalue weighted by Crippen LogP contribution is 2.17. The Hall–Kier alpha value is -1.61. The van der Waals surface area contributed by atoms with Crippen molar-refractivity contribution < 1.29 is 5.21 Å². The molecule has 0 atom stereocenters. The van der Waals surface area contributed by atoms with Crippen molar-refractivity contribution in [3.63, 3.8) is 0 Å². The van der Waals surface area contributed by atoms with Crippen molar-refractivity contribution in [2.45, 2.75) is 6.42 Å². The van der Waals surface area contributed by atoms with Gasteiger partial charge < -0.3 is 0 Å². The van der Waals surface area contributed by atoms with Crippen LogP contribution in [0, 0.1) is 0 Å². The third-order valence-electron chi connectivity index (χ3n) is 2.64. The zero-order chi connectivity index (χ0) is 9.54. The van der Waals surface area contributed by atoms with Crippen molar-refractivity contribution in [3.8, 4) is 0 Å². The Morgan fingerprint density at radius 3 is 3.21 bits per heavy atom. The lowest BCUT2D eigenvalue weighted by molar-refractivity contribution is 0.254. The van der Waals surface area contributed by atoms with E-state index in [-0.39, 0.29) is 0 Å². The summed E-state index contributed by atoms with van der Waals surface area (Å²) in [6.45, 7) is 0.664. The van der Waals surface area contributed by atoms with Crippen LogP contribution in [0.3, 0.4) is 0 Å². The van der Waals surface area contributed by atoms with Gasteiger partial charge in [-0.15, -0.1) is 0 Å². The summed E-state index contributed by atoms with van der Waals surface area (Å²) < 4.78 is 0. The van der Waals surface area contributed by atoms with Gasteiger partial charge in [0.25, 0.3) is 0 Å². The Labute approximate surface area is 81.3 Å². The molecule has 0 saturated heterocycles. The molecule has 0 radical (unpaired) electrons. The highest BCUT2D eigenvalue weighted by atomic mass is 16.5. The van der Waals surface area contributed by atoms with E-state index in [0.717, 1.165) is 28.2 Å². The van der Waals surface area contributed by atoms with Gasteiger partial charge in [0.05, 0.1) is 11.0 Å². The number of hydroxylamine groups is 1. The summed E-state index contributed by atoms with van der Waals surface area (Å²) in [5.74, 6) is 0. The molecule has 1 aromatic carbocycles. The molecule has 2 aliphatic rings. The van der Waals surface area contributed by atoms with Gasteiger partial charge in [-0.1, -0.05) is 12.1 Å². The second kappa shape index (κ2) is 2.69. The van der Waals surface area contributed by atoms with E-state index in [1.165, 1.54) is 5.06 Å². The van der Waals surface area contributed by atoms with Gasteiger partial charge in [0, 0.05) is 18.3 Å². The standard InChI is InChI=1S/C11H10N2O/c14-13-7-1-2-8-3-4-10-9(11(8)13)5-6-12-10/h2-6,14H,1,7H2. The topological polar surface area (TPSA) is 35.8 Å². The van der Waals surface area contributed by atoms with Crippen LogP contribution in [0.25, 0.3) is 12.2 Å². The summed E-state index contributed by atoms with van der Waals surface area (Å²) in [5.41, 5.74) is 1.92. The minimum absolute atomic E-state index is 0.664.